The van der Waals surface area contributed by atoms with E-state index in [1.807, 2.05) is 85.0 Å². The molecule has 1 spiro atoms. The molecule has 1 aliphatic carbocycles. The van der Waals surface area contributed by atoms with Crippen LogP contribution in [0.1, 0.15) is 65.5 Å². The fraction of sp³-hybridized carbons (Fsp3) is 0.302. The molecular weight excluding hydrogens is 1610 g/mol. The summed E-state index contributed by atoms with van der Waals surface area (Å²) in [5.41, 5.74) is 9.34. The van der Waals surface area contributed by atoms with Gasteiger partial charge in [0.15, 0.2) is 88.9 Å². The van der Waals surface area contributed by atoms with Gasteiger partial charge in [-0.3, -0.25) is 43.5 Å². The summed E-state index contributed by atoms with van der Waals surface area (Å²) in [6.07, 6.45) is 20.4. The Hall–Kier alpha value is -15.6. The third-order valence-electron chi connectivity index (χ3n) is 23.7. The van der Waals surface area contributed by atoms with Gasteiger partial charge in [-0.1, -0.05) is 54.7 Å². The zero-order chi connectivity index (χ0) is 85.5. The smallest absolute Gasteiger partial charge is 0.409 e. The standard InChI is InChI=1S/C30H28N8O5.2C28H26N8O5/c1-42-29(41)35-15-18-13-19(5-6-21(18)30(17-35)9-10-30)32-28-31-14-20-25(34-28)38-23-8-7-22-26(33-23)36(24(39)16-43-22)11-3-2-4-12-37(38)27(20)40;1-40-28(39)33-12-9-17-13-19(6-5-18(17)15-33)30-27-29-14-20-24(32-27)36-22-8-7-21-25(31-22)34(23(37)16-41-21)10-3-2-4-11-35(36)26(20)38;1-40-28(39)33-12-9-17-5-6-19(13-18(17)15-33)30-27-29-14-20-24(32-27)36-22-8-7-21-25(31-22)34(23(37)16-41-21)10-3-2-4-11-35(36)26(20)38/h2,4-8,13-14H,3,9-12,15-17H2,1H3,(H,31,32,34);2*2,4-8,13-14H,3,9-12,15-16H2,1H3,(H,29,30,32). The van der Waals surface area contributed by atoms with Gasteiger partial charge in [0.2, 0.25) is 17.8 Å². The first-order chi connectivity index (χ1) is 60.9. The third kappa shape index (κ3) is 14.4. The molecule has 6 amide bonds. The van der Waals surface area contributed by atoms with Crippen molar-refractivity contribution in [2.24, 2.45) is 0 Å². The van der Waals surface area contributed by atoms with Crippen LogP contribution in [-0.4, -0.2) is 204 Å². The Morgan fingerprint density at radius 3 is 1.18 bits per heavy atom. The van der Waals surface area contributed by atoms with Crippen LogP contribution in [0.3, 0.4) is 0 Å². The zero-order valence-corrected chi connectivity index (χ0v) is 67.9. The molecule has 39 heteroatoms. The van der Waals surface area contributed by atoms with Crippen molar-refractivity contribution in [3.63, 3.8) is 0 Å². The predicted octanol–water partition coefficient (Wildman–Crippen LogP) is 8.08. The lowest BCUT2D eigenvalue weighted by atomic mass is 9.87. The topological polar surface area (TPSA) is 410 Å². The zero-order valence-electron chi connectivity index (χ0n) is 67.9. The van der Waals surface area contributed by atoms with E-state index in [1.165, 1.54) is 51.0 Å². The van der Waals surface area contributed by atoms with Gasteiger partial charge in [-0.15, -0.1) is 0 Å². The van der Waals surface area contributed by atoms with Crippen molar-refractivity contribution >= 4 is 121 Å². The Labute approximate surface area is 708 Å². The molecule has 0 atom stereocenters. The fourth-order valence-corrected chi connectivity index (χ4v) is 17.3. The van der Waals surface area contributed by atoms with Crippen LogP contribution in [0.4, 0.5) is 66.7 Å². The number of anilines is 9. The molecule has 125 heavy (non-hydrogen) atoms. The summed E-state index contributed by atoms with van der Waals surface area (Å²) in [4.78, 5) is 166. The molecular formula is C86H80N24O15. The van der Waals surface area contributed by atoms with Gasteiger partial charge < -0.3 is 59.1 Å². The van der Waals surface area contributed by atoms with Crippen molar-refractivity contribution < 1.29 is 57.2 Å². The van der Waals surface area contributed by atoms with Crippen LogP contribution < -0.4 is 61.5 Å². The highest BCUT2D eigenvalue weighted by atomic mass is 16.6. The van der Waals surface area contributed by atoms with Crippen molar-refractivity contribution in [3.8, 4) is 34.7 Å². The van der Waals surface area contributed by atoms with Gasteiger partial charge in [-0.05, 0) is 151 Å². The lowest BCUT2D eigenvalue weighted by Gasteiger charge is -2.34. The number of pyridine rings is 3. The van der Waals surface area contributed by atoms with Crippen LogP contribution in [0.25, 0.3) is 50.6 Å². The maximum atomic E-state index is 13.5. The number of nitrogens with one attached hydrogen (secondary N) is 3. The van der Waals surface area contributed by atoms with E-state index < -0.39 is 0 Å². The number of ether oxygens (including phenoxy) is 6. The molecule has 18 heterocycles. The predicted molar refractivity (Wildman–Crippen MR) is 454 cm³/mol. The van der Waals surface area contributed by atoms with Gasteiger partial charge in [0.25, 0.3) is 34.4 Å². The average Bonchev–Trinajstić information content (AvgIpc) is 1.59. The summed E-state index contributed by atoms with van der Waals surface area (Å²) in [6, 6.07) is 28.5. The highest BCUT2D eigenvalue weighted by Gasteiger charge is 2.50. The minimum Gasteiger partial charge on any atom is -0.480 e. The molecule has 9 aliphatic heterocycles. The molecule has 39 nitrogen and oxygen atoms in total. The Balaban J connectivity index is 0.000000119. The molecule has 0 unspecified atom stereocenters. The molecule has 12 aromatic rings. The summed E-state index contributed by atoms with van der Waals surface area (Å²) in [5, 5.41) is 10.8. The molecule has 6 bridgehead atoms. The fourth-order valence-electron chi connectivity index (χ4n) is 17.3. The number of rotatable bonds is 6. The minimum absolute atomic E-state index is 0.00227. The summed E-state index contributed by atoms with van der Waals surface area (Å²) >= 11 is 0. The van der Waals surface area contributed by atoms with Crippen molar-refractivity contribution in [1.29, 1.82) is 0 Å². The van der Waals surface area contributed by atoms with Crippen molar-refractivity contribution in [2.45, 2.75) is 89.6 Å². The molecule has 3 N–H and O–H groups in total. The van der Waals surface area contributed by atoms with Gasteiger partial charge >= 0.3 is 18.3 Å². The van der Waals surface area contributed by atoms with Crippen LogP contribution in [-0.2, 0) is 86.1 Å². The largest absolute Gasteiger partial charge is 0.480 e. The van der Waals surface area contributed by atoms with Crippen LogP contribution in [0.2, 0.25) is 0 Å². The number of benzene rings is 3. The van der Waals surface area contributed by atoms with E-state index in [0.29, 0.717) is 207 Å². The summed E-state index contributed by atoms with van der Waals surface area (Å²) in [7, 11) is 4.17. The molecule has 10 aliphatic rings. The molecule has 634 valence electrons. The Bertz CT molecular complexity index is 6810. The Morgan fingerprint density at radius 1 is 0.392 bits per heavy atom. The van der Waals surface area contributed by atoms with Gasteiger partial charge in [0, 0.05) is 100.0 Å². The van der Waals surface area contributed by atoms with E-state index in [1.54, 1.807) is 93.9 Å². The first kappa shape index (κ1) is 78.0. The van der Waals surface area contributed by atoms with E-state index in [-0.39, 0.29) is 77.9 Å². The lowest BCUT2D eigenvalue weighted by molar-refractivity contribution is -0.122. The number of hydrogen-bond donors (Lipinski definition) is 3. The van der Waals surface area contributed by atoms with E-state index in [9.17, 15) is 43.2 Å². The molecule has 1 saturated carbocycles. The minimum atomic E-state index is -0.356. The first-order valence-corrected chi connectivity index (χ1v) is 40.9. The number of aromatic nitrogens is 15. The van der Waals surface area contributed by atoms with Crippen molar-refractivity contribution in [3.05, 3.63) is 210 Å². The van der Waals surface area contributed by atoms with Gasteiger partial charge in [0.1, 0.15) is 16.2 Å². The first-order valence-electron chi connectivity index (χ1n) is 40.9. The number of amides is 6. The number of nitrogens with zero attached hydrogens (tertiary/aromatic N) is 21. The second-order valence-corrected chi connectivity index (χ2v) is 31.2. The van der Waals surface area contributed by atoms with E-state index in [4.69, 9.17) is 58.3 Å². The van der Waals surface area contributed by atoms with Crippen LogP contribution >= 0.6 is 0 Å². The van der Waals surface area contributed by atoms with Crippen molar-refractivity contribution in [2.75, 3.05) is 111 Å². The number of fused-ring (bicyclic) bond motifs is 19. The summed E-state index contributed by atoms with van der Waals surface area (Å²) in [6.45, 7) is 5.38. The molecule has 0 saturated heterocycles. The van der Waals surface area contributed by atoms with Crippen LogP contribution in [0.15, 0.2) is 160 Å². The normalized spacial score (nSPS) is 16.7. The number of hydrogen-bond acceptors (Lipinski definition) is 27. The van der Waals surface area contributed by atoms with E-state index in [2.05, 4.69) is 37.0 Å². The summed E-state index contributed by atoms with van der Waals surface area (Å²) < 4.78 is 41.2. The van der Waals surface area contributed by atoms with E-state index in [0.717, 1.165) is 58.6 Å². The van der Waals surface area contributed by atoms with Crippen LogP contribution in [0, 0.1) is 0 Å². The molecule has 1 fully saturated rings. The maximum Gasteiger partial charge on any atom is 0.409 e. The van der Waals surface area contributed by atoms with Crippen molar-refractivity contribution in [1.82, 2.24) is 87.6 Å². The third-order valence-corrected chi connectivity index (χ3v) is 23.7. The molecule has 9 aromatic heterocycles. The second kappa shape index (κ2) is 31.8. The molecule has 0 radical (unpaired) electrons. The Morgan fingerprint density at radius 2 is 0.760 bits per heavy atom. The van der Waals surface area contributed by atoms with E-state index >= 15 is 0 Å². The van der Waals surface area contributed by atoms with Gasteiger partial charge in [-0.2, -0.15) is 15.0 Å². The highest BCUT2D eigenvalue weighted by molar-refractivity contribution is 5.99. The number of methoxy groups -OCH3 is 3. The maximum absolute atomic E-state index is 13.5. The average molecular weight is 1690 g/mol. The van der Waals surface area contributed by atoms with Crippen LogP contribution in [0.5, 0.6) is 17.2 Å². The summed E-state index contributed by atoms with van der Waals surface area (Å²) in [5.74, 6) is 4.49. The number of carbonyl (C=O) groups is 6. The second-order valence-electron chi connectivity index (χ2n) is 31.2. The number of allylic oxidation sites excluding steroid dienone is 3. The van der Waals surface area contributed by atoms with Gasteiger partial charge in [-0.25, -0.2) is 72.4 Å². The molecule has 3 aromatic carbocycles. The lowest BCUT2D eigenvalue weighted by Crippen LogP contribution is -2.41. The monoisotopic (exact) mass is 1690 g/mol. The SMILES string of the molecule is COC(=O)N1CCc2cc(Nc3ncc4c(=O)n5n(c4n3)-c3ccc4c(n3)N(CCC=CC5)C(=O)CO4)ccc2C1.COC(=O)N1CCc2ccc(Nc3ncc4c(=O)n5n(c4n3)-c3ccc4c(n3)N(CCC=CC5)C(=O)CO4)cc2C1.COC(=O)N1Cc2cc(Nc3ncc4c(=O)n5n(c4n3)-c3ccc4c(n3)N(CCC=CC5)C(=O)CO4)ccc2C2(CC2)C1. The highest BCUT2D eigenvalue weighted by Crippen LogP contribution is 2.53. The van der Waals surface area contributed by atoms with Gasteiger partial charge in [0.05, 0.1) is 41.0 Å². The quantitative estimate of drug-likeness (QED) is 0.104. The Kier molecular flexibility index (Phi) is 19.8. The number of carbonyl (C=O) groups excluding carboxylic acids is 6. The molecule has 22 rings (SSSR count).